The number of aromatic nitrogens is 2. The second kappa shape index (κ2) is 6.70. The molecule has 0 aliphatic heterocycles. The number of nitrogens with zero attached hydrogens (tertiary/aromatic N) is 2. The fraction of sp³-hybridized carbons (Fsp3) is 0.714. The summed E-state index contributed by atoms with van der Waals surface area (Å²) in [7, 11) is 0. The molecule has 1 heterocycles. The molecular weight excluding hydrogens is 240 g/mol. The quantitative estimate of drug-likeness (QED) is 0.817. The predicted octanol–water partition coefficient (Wildman–Crippen LogP) is 2.34. The number of ether oxygens (including phenoxy) is 1. The first-order chi connectivity index (χ1) is 9.15. The standard InChI is InChI=1S/C14H24N4O/c1-10(2)19-14-9-16-8-13(18-14)17-12-7-5-3-4-6-11(12)15/h8-12H,3-7,15H2,1-2H3,(H,17,18). The van der Waals surface area contributed by atoms with Crippen molar-refractivity contribution in [3.05, 3.63) is 12.4 Å². The van der Waals surface area contributed by atoms with Gasteiger partial charge in [-0.1, -0.05) is 19.3 Å². The van der Waals surface area contributed by atoms with Gasteiger partial charge < -0.3 is 15.8 Å². The van der Waals surface area contributed by atoms with Crippen molar-refractivity contribution in [3.63, 3.8) is 0 Å². The minimum absolute atomic E-state index is 0.102. The summed E-state index contributed by atoms with van der Waals surface area (Å²) in [6.07, 6.45) is 9.36. The fourth-order valence-corrected chi connectivity index (χ4v) is 2.42. The molecule has 0 radical (unpaired) electrons. The van der Waals surface area contributed by atoms with Crippen molar-refractivity contribution in [2.45, 2.75) is 64.1 Å². The van der Waals surface area contributed by atoms with Crippen molar-refractivity contribution in [1.29, 1.82) is 0 Å². The van der Waals surface area contributed by atoms with Crippen molar-refractivity contribution in [2.75, 3.05) is 5.32 Å². The third kappa shape index (κ3) is 4.35. The highest BCUT2D eigenvalue weighted by molar-refractivity contribution is 5.35. The molecule has 2 unspecified atom stereocenters. The summed E-state index contributed by atoms with van der Waals surface area (Å²) in [4.78, 5) is 8.58. The van der Waals surface area contributed by atoms with Crippen LogP contribution in [0.25, 0.3) is 0 Å². The zero-order valence-corrected chi connectivity index (χ0v) is 11.8. The Labute approximate surface area is 115 Å². The average Bonchev–Trinajstić information content (AvgIpc) is 2.55. The molecule has 2 rings (SSSR count). The number of hydrogen-bond donors (Lipinski definition) is 2. The molecule has 2 atom stereocenters. The van der Waals surface area contributed by atoms with Gasteiger partial charge in [-0.15, -0.1) is 0 Å². The van der Waals surface area contributed by atoms with Gasteiger partial charge in [0, 0.05) is 12.1 Å². The van der Waals surface area contributed by atoms with Gasteiger partial charge in [0.15, 0.2) is 0 Å². The molecule has 1 fully saturated rings. The third-order valence-corrected chi connectivity index (χ3v) is 3.37. The summed E-state index contributed by atoms with van der Waals surface area (Å²) < 4.78 is 5.55. The maximum absolute atomic E-state index is 6.20. The molecule has 0 amide bonds. The summed E-state index contributed by atoms with van der Waals surface area (Å²) in [6.45, 7) is 3.95. The van der Waals surface area contributed by atoms with Gasteiger partial charge >= 0.3 is 0 Å². The molecule has 19 heavy (non-hydrogen) atoms. The first-order valence-electron chi connectivity index (χ1n) is 7.16. The lowest BCUT2D eigenvalue weighted by Gasteiger charge is -2.23. The smallest absolute Gasteiger partial charge is 0.234 e. The molecule has 0 aromatic carbocycles. The molecule has 0 bridgehead atoms. The van der Waals surface area contributed by atoms with Crippen LogP contribution in [0, 0.1) is 0 Å². The van der Waals surface area contributed by atoms with E-state index in [1.165, 1.54) is 19.3 Å². The highest BCUT2D eigenvalue weighted by atomic mass is 16.5. The van der Waals surface area contributed by atoms with Crippen molar-refractivity contribution in [2.24, 2.45) is 5.73 Å². The van der Waals surface area contributed by atoms with Gasteiger partial charge in [-0.2, -0.15) is 4.98 Å². The predicted molar refractivity (Wildman–Crippen MR) is 76.3 cm³/mol. The van der Waals surface area contributed by atoms with Crippen LogP contribution in [-0.2, 0) is 0 Å². The van der Waals surface area contributed by atoms with Gasteiger partial charge in [0.05, 0.1) is 18.5 Å². The Morgan fingerprint density at radius 1 is 1.26 bits per heavy atom. The Hall–Kier alpha value is -1.36. The molecule has 1 saturated carbocycles. The minimum Gasteiger partial charge on any atom is -0.474 e. The highest BCUT2D eigenvalue weighted by Crippen LogP contribution is 2.20. The van der Waals surface area contributed by atoms with Gasteiger partial charge in [-0.25, -0.2) is 0 Å². The van der Waals surface area contributed by atoms with Crippen LogP contribution in [0.4, 0.5) is 5.82 Å². The third-order valence-electron chi connectivity index (χ3n) is 3.37. The Morgan fingerprint density at radius 3 is 2.84 bits per heavy atom. The fourth-order valence-electron chi connectivity index (χ4n) is 2.42. The van der Waals surface area contributed by atoms with Crippen LogP contribution in [0.2, 0.25) is 0 Å². The van der Waals surface area contributed by atoms with Crippen LogP contribution in [0.5, 0.6) is 5.88 Å². The number of rotatable bonds is 4. The lowest BCUT2D eigenvalue weighted by atomic mass is 10.0. The van der Waals surface area contributed by atoms with Crippen molar-refractivity contribution in [3.8, 4) is 5.88 Å². The van der Waals surface area contributed by atoms with Crippen molar-refractivity contribution in [1.82, 2.24) is 9.97 Å². The maximum Gasteiger partial charge on any atom is 0.234 e. The van der Waals surface area contributed by atoms with Crippen molar-refractivity contribution < 1.29 is 4.74 Å². The van der Waals surface area contributed by atoms with Crippen LogP contribution < -0.4 is 15.8 Å². The lowest BCUT2D eigenvalue weighted by Crippen LogP contribution is -2.39. The number of nitrogens with one attached hydrogen (secondary N) is 1. The van der Waals surface area contributed by atoms with E-state index < -0.39 is 0 Å². The van der Waals surface area contributed by atoms with E-state index in [9.17, 15) is 0 Å². The van der Waals surface area contributed by atoms with E-state index in [0.717, 1.165) is 18.7 Å². The van der Waals surface area contributed by atoms with Gasteiger partial charge in [0.1, 0.15) is 5.82 Å². The van der Waals surface area contributed by atoms with Crippen LogP contribution in [0.1, 0.15) is 46.0 Å². The normalized spacial score (nSPS) is 24.0. The van der Waals surface area contributed by atoms with E-state index in [0.29, 0.717) is 5.88 Å². The number of hydrogen-bond acceptors (Lipinski definition) is 5. The molecular formula is C14H24N4O. The van der Waals surface area contributed by atoms with E-state index in [1.54, 1.807) is 12.4 Å². The second-order valence-corrected chi connectivity index (χ2v) is 5.46. The molecule has 1 aliphatic carbocycles. The summed E-state index contributed by atoms with van der Waals surface area (Å²) in [5, 5.41) is 3.41. The molecule has 5 nitrogen and oxygen atoms in total. The zero-order chi connectivity index (χ0) is 13.7. The van der Waals surface area contributed by atoms with Crippen LogP contribution in [0.3, 0.4) is 0 Å². The number of anilines is 1. The Morgan fingerprint density at radius 2 is 2.05 bits per heavy atom. The Balaban J connectivity index is 2.01. The van der Waals surface area contributed by atoms with Gasteiger partial charge in [-0.05, 0) is 26.7 Å². The van der Waals surface area contributed by atoms with Crippen LogP contribution in [-0.4, -0.2) is 28.2 Å². The largest absolute Gasteiger partial charge is 0.474 e. The topological polar surface area (TPSA) is 73.1 Å². The van der Waals surface area contributed by atoms with Gasteiger partial charge in [0.2, 0.25) is 5.88 Å². The highest BCUT2D eigenvalue weighted by Gasteiger charge is 2.20. The second-order valence-electron chi connectivity index (χ2n) is 5.46. The Kier molecular flexibility index (Phi) is 4.96. The SMILES string of the molecule is CC(C)Oc1cncc(NC2CCCCCC2N)n1. The van der Waals surface area contributed by atoms with E-state index in [2.05, 4.69) is 15.3 Å². The average molecular weight is 264 g/mol. The summed E-state index contributed by atoms with van der Waals surface area (Å²) in [5.74, 6) is 1.31. The summed E-state index contributed by atoms with van der Waals surface area (Å²) in [5.41, 5.74) is 6.20. The van der Waals surface area contributed by atoms with E-state index >= 15 is 0 Å². The first-order valence-corrected chi connectivity index (χ1v) is 7.16. The Bertz CT molecular complexity index is 397. The molecule has 0 saturated heterocycles. The minimum atomic E-state index is 0.102. The van der Waals surface area contributed by atoms with E-state index in [4.69, 9.17) is 10.5 Å². The van der Waals surface area contributed by atoms with E-state index in [1.807, 2.05) is 13.8 Å². The summed E-state index contributed by atoms with van der Waals surface area (Å²) >= 11 is 0. The van der Waals surface area contributed by atoms with Crippen molar-refractivity contribution >= 4 is 5.82 Å². The maximum atomic E-state index is 6.20. The lowest BCUT2D eigenvalue weighted by molar-refractivity contribution is 0.232. The monoisotopic (exact) mass is 264 g/mol. The zero-order valence-electron chi connectivity index (χ0n) is 11.8. The number of nitrogens with two attached hydrogens (primary N) is 1. The van der Waals surface area contributed by atoms with Gasteiger partial charge in [-0.3, -0.25) is 4.98 Å². The molecule has 1 aliphatic rings. The molecule has 3 N–H and O–H groups in total. The molecule has 1 aromatic heterocycles. The van der Waals surface area contributed by atoms with Crippen LogP contribution >= 0.6 is 0 Å². The molecule has 5 heteroatoms. The van der Waals surface area contributed by atoms with E-state index in [-0.39, 0.29) is 18.2 Å². The van der Waals surface area contributed by atoms with Crippen LogP contribution in [0.15, 0.2) is 12.4 Å². The molecule has 106 valence electrons. The molecule has 0 spiro atoms. The summed E-state index contributed by atoms with van der Waals surface area (Å²) in [6, 6.07) is 0.477. The van der Waals surface area contributed by atoms with Gasteiger partial charge in [0.25, 0.3) is 0 Å². The molecule has 1 aromatic rings. The first kappa shape index (κ1) is 14.1.